The number of carbonyl (C=O) groups excluding carboxylic acids is 1. The van der Waals surface area contributed by atoms with Gasteiger partial charge in [0.15, 0.2) is 0 Å². The SMILES string of the molecule is CCCCOCCCNC(=O)NC1CCC(C(=O)O)CC1. The number of rotatable bonds is 9. The highest BCUT2D eigenvalue weighted by molar-refractivity contribution is 5.74. The highest BCUT2D eigenvalue weighted by atomic mass is 16.5. The Balaban J connectivity index is 2.00. The first-order valence-corrected chi connectivity index (χ1v) is 7.98. The maximum absolute atomic E-state index is 11.7. The maximum Gasteiger partial charge on any atom is 0.315 e. The van der Waals surface area contributed by atoms with E-state index in [0.717, 1.165) is 38.7 Å². The molecule has 122 valence electrons. The third kappa shape index (κ3) is 7.90. The fraction of sp³-hybridized carbons (Fsp3) is 0.867. The Hall–Kier alpha value is -1.30. The van der Waals surface area contributed by atoms with E-state index in [0.29, 0.717) is 26.0 Å². The number of hydrogen-bond donors (Lipinski definition) is 3. The molecule has 0 bridgehead atoms. The maximum atomic E-state index is 11.7. The summed E-state index contributed by atoms with van der Waals surface area (Å²) in [5, 5.41) is 14.6. The molecule has 0 spiro atoms. The molecule has 6 nitrogen and oxygen atoms in total. The predicted molar refractivity (Wildman–Crippen MR) is 80.3 cm³/mol. The second-order valence-electron chi connectivity index (χ2n) is 5.61. The van der Waals surface area contributed by atoms with Crippen molar-refractivity contribution in [2.45, 2.75) is 57.9 Å². The molecular weight excluding hydrogens is 272 g/mol. The van der Waals surface area contributed by atoms with Crippen molar-refractivity contribution in [2.75, 3.05) is 19.8 Å². The quantitative estimate of drug-likeness (QED) is 0.569. The lowest BCUT2D eigenvalue weighted by molar-refractivity contribution is -0.142. The van der Waals surface area contributed by atoms with Crippen LogP contribution in [0.2, 0.25) is 0 Å². The largest absolute Gasteiger partial charge is 0.481 e. The Bertz CT molecular complexity index is 315. The number of urea groups is 1. The Labute approximate surface area is 126 Å². The van der Waals surface area contributed by atoms with E-state index >= 15 is 0 Å². The number of carboxylic acid groups (broad SMARTS) is 1. The molecule has 0 aromatic heterocycles. The summed E-state index contributed by atoms with van der Waals surface area (Å²) in [6.07, 6.45) is 5.78. The molecule has 0 heterocycles. The minimum absolute atomic E-state index is 0.0985. The number of carboxylic acids is 1. The zero-order valence-electron chi connectivity index (χ0n) is 12.9. The molecule has 21 heavy (non-hydrogen) atoms. The van der Waals surface area contributed by atoms with E-state index in [1.54, 1.807) is 0 Å². The molecule has 0 radical (unpaired) electrons. The fourth-order valence-electron chi connectivity index (χ4n) is 2.45. The molecule has 1 aliphatic carbocycles. The molecule has 0 atom stereocenters. The van der Waals surface area contributed by atoms with Crippen molar-refractivity contribution in [1.82, 2.24) is 10.6 Å². The monoisotopic (exact) mass is 300 g/mol. The molecule has 0 aromatic rings. The van der Waals surface area contributed by atoms with Crippen molar-refractivity contribution in [3.05, 3.63) is 0 Å². The molecular formula is C15H28N2O4. The Morgan fingerprint density at radius 3 is 2.43 bits per heavy atom. The number of amides is 2. The highest BCUT2D eigenvalue weighted by Crippen LogP contribution is 2.24. The van der Waals surface area contributed by atoms with Crippen LogP contribution in [-0.2, 0) is 9.53 Å². The third-order valence-corrected chi connectivity index (χ3v) is 3.80. The normalized spacial score (nSPS) is 21.8. The van der Waals surface area contributed by atoms with Gasteiger partial charge in [0.2, 0.25) is 0 Å². The van der Waals surface area contributed by atoms with Crippen LogP contribution in [0.15, 0.2) is 0 Å². The first-order chi connectivity index (χ1) is 10.1. The summed E-state index contributed by atoms with van der Waals surface area (Å²) >= 11 is 0. The average molecular weight is 300 g/mol. The molecule has 1 rings (SSSR count). The number of unbranched alkanes of at least 4 members (excludes halogenated alkanes) is 1. The van der Waals surface area contributed by atoms with Crippen LogP contribution >= 0.6 is 0 Å². The van der Waals surface area contributed by atoms with E-state index in [2.05, 4.69) is 17.6 Å². The van der Waals surface area contributed by atoms with Crippen molar-refractivity contribution in [3.63, 3.8) is 0 Å². The van der Waals surface area contributed by atoms with Crippen molar-refractivity contribution in [3.8, 4) is 0 Å². The molecule has 3 N–H and O–H groups in total. The minimum Gasteiger partial charge on any atom is -0.481 e. The zero-order chi connectivity index (χ0) is 15.5. The van der Waals surface area contributed by atoms with Crippen LogP contribution in [0, 0.1) is 5.92 Å². The summed E-state index contributed by atoms with van der Waals surface area (Å²) in [7, 11) is 0. The zero-order valence-corrected chi connectivity index (χ0v) is 12.9. The van der Waals surface area contributed by atoms with E-state index in [4.69, 9.17) is 9.84 Å². The molecule has 0 saturated heterocycles. The molecule has 0 aliphatic heterocycles. The smallest absolute Gasteiger partial charge is 0.315 e. The highest BCUT2D eigenvalue weighted by Gasteiger charge is 2.26. The van der Waals surface area contributed by atoms with E-state index in [9.17, 15) is 9.59 Å². The van der Waals surface area contributed by atoms with Crippen molar-refractivity contribution >= 4 is 12.0 Å². The molecule has 0 aromatic carbocycles. The lowest BCUT2D eigenvalue weighted by Gasteiger charge is -2.26. The van der Waals surface area contributed by atoms with Crippen molar-refractivity contribution in [1.29, 1.82) is 0 Å². The topological polar surface area (TPSA) is 87.7 Å². The molecule has 0 unspecified atom stereocenters. The number of carbonyl (C=O) groups is 2. The molecule has 6 heteroatoms. The standard InChI is InChI=1S/C15H28N2O4/c1-2-3-10-21-11-4-9-16-15(20)17-13-7-5-12(6-8-13)14(18)19/h12-13H,2-11H2,1H3,(H,18,19)(H2,16,17,20). The number of nitrogens with one attached hydrogen (secondary N) is 2. The number of hydrogen-bond acceptors (Lipinski definition) is 3. The van der Waals surface area contributed by atoms with Crippen LogP contribution in [0.25, 0.3) is 0 Å². The Morgan fingerprint density at radius 1 is 1.14 bits per heavy atom. The van der Waals surface area contributed by atoms with Crippen LogP contribution < -0.4 is 10.6 Å². The van der Waals surface area contributed by atoms with Gasteiger partial charge in [0.25, 0.3) is 0 Å². The van der Waals surface area contributed by atoms with Gasteiger partial charge < -0.3 is 20.5 Å². The molecule has 1 fully saturated rings. The van der Waals surface area contributed by atoms with Crippen LogP contribution in [0.4, 0.5) is 4.79 Å². The van der Waals surface area contributed by atoms with Crippen LogP contribution in [0.1, 0.15) is 51.9 Å². The van der Waals surface area contributed by atoms with Gasteiger partial charge in [-0.3, -0.25) is 4.79 Å². The van der Waals surface area contributed by atoms with E-state index in [1.165, 1.54) is 0 Å². The second-order valence-corrected chi connectivity index (χ2v) is 5.61. The predicted octanol–water partition coefficient (Wildman–Crippen LogP) is 2.14. The summed E-state index contributed by atoms with van der Waals surface area (Å²) in [5.74, 6) is -0.965. The number of ether oxygens (including phenoxy) is 1. The van der Waals surface area contributed by atoms with Crippen molar-refractivity contribution in [2.24, 2.45) is 5.92 Å². The van der Waals surface area contributed by atoms with Gasteiger partial charge in [-0.2, -0.15) is 0 Å². The van der Waals surface area contributed by atoms with Gasteiger partial charge in [-0.25, -0.2) is 4.79 Å². The Kier molecular flexibility index (Phi) is 8.82. The summed E-state index contributed by atoms with van der Waals surface area (Å²) in [6, 6.07) is -0.0660. The number of aliphatic carboxylic acids is 1. The summed E-state index contributed by atoms with van der Waals surface area (Å²) in [6.45, 7) is 4.18. The summed E-state index contributed by atoms with van der Waals surface area (Å²) < 4.78 is 5.41. The van der Waals surface area contributed by atoms with Crippen LogP contribution in [-0.4, -0.2) is 42.9 Å². The molecule has 1 saturated carbocycles. The molecule has 2 amide bonds. The van der Waals surface area contributed by atoms with Crippen LogP contribution in [0.5, 0.6) is 0 Å². The van der Waals surface area contributed by atoms with Gasteiger partial charge in [0.05, 0.1) is 5.92 Å². The van der Waals surface area contributed by atoms with Crippen LogP contribution in [0.3, 0.4) is 0 Å². The summed E-state index contributed by atoms with van der Waals surface area (Å²) in [5.41, 5.74) is 0. The lowest BCUT2D eigenvalue weighted by atomic mass is 9.86. The van der Waals surface area contributed by atoms with Gasteiger partial charge in [0.1, 0.15) is 0 Å². The van der Waals surface area contributed by atoms with Gasteiger partial charge >= 0.3 is 12.0 Å². The fourth-order valence-corrected chi connectivity index (χ4v) is 2.45. The second kappa shape index (κ2) is 10.4. The first kappa shape index (κ1) is 17.8. The van der Waals surface area contributed by atoms with Gasteiger partial charge in [-0.15, -0.1) is 0 Å². The first-order valence-electron chi connectivity index (χ1n) is 7.98. The van der Waals surface area contributed by atoms with Crippen molar-refractivity contribution < 1.29 is 19.4 Å². The minimum atomic E-state index is -0.721. The molecule has 1 aliphatic rings. The summed E-state index contributed by atoms with van der Waals surface area (Å²) in [4.78, 5) is 22.5. The van der Waals surface area contributed by atoms with E-state index in [1.807, 2.05) is 0 Å². The third-order valence-electron chi connectivity index (χ3n) is 3.80. The Morgan fingerprint density at radius 2 is 1.81 bits per heavy atom. The van der Waals surface area contributed by atoms with Gasteiger partial charge in [-0.05, 0) is 38.5 Å². The average Bonchev–Trinajstić information content (AvgIpc) is 2.47. The van der Waals surface area contributed by atoms with E-state index < -0.39 is 5.97 Å². The van der Waals surface area contributed by atoms with Gasteiger partial charge in [-0.1, -0.05) is 13.3 Å². The lowest BCUT2D eigenvalue weighted by Crippen LogP contribution is -2.44. The van der Waals surface area contributed by atoms with Gasteiger partial charge in [0, 0.05) is 25.8 Å². The van der Waals surface area contributed by atoms with E-state index in [-0.39, 0.29) is 18.0 Å².